The van der Waals surface area contributed by atoms with Crippen molar-refractivity contribution in [2.45, 2.75) is 26.2 Å². The molecule has 0 aliphatic rings. The van der Waals surface area contributed by atoms with Gasteiger partial charge in [-0.25, -0.2) is 10.2 Å². The standard InChI is InChI=1S/C10H14N4O4/c1-2-3-4-7(15)14-11-5-6-8(16)12-10(18)13-9(6)17/h5H,2-4H2,1H3,(H,14,15)(H3,12,13,16,17,18). The number of hydrogen-bond acceptors (Lipinski definition) is 5. The van der Waals surface area contributed by atoms with E-state index in [1.807, 2.05) is 16.9 Å². The number of rotatable bonds is 5. The molecule has 98 valence electrons. The van der Waals surface area contributed by atoms with Gasteiger partial charge in [-0.05, 0) is 6.42 Å². The van der Waals surface area contributed by atoms with Gasteiger partial charge in [0.05, 0.1) is 6.21 Å². The van der Waals surface area contributed by atoms with Crippen LogP contribution in [-0.2, 0) is 4.79 Å². The lowest BCUT2D eigenvalue weighted by molar-refractivity contribution is -0.121. The second-order valence-electron chi connectivity index (χ2n) is 3.57. The summed E-state index contributed by atoms with van der Waals surface area (Å²) < 4.78 is 0. The Labute approximate surface area is 102 Å². The fraction of sp³-hybridized carbons (Fsp3) is 0.400. The zero-order valence-corrected chi connectivity index (χ0v) is 9.82. The first-order valence-electron chi connectivity index (χ1n) is 5.42. The van der Waals surface area contributed by atoms with Crippen molar-refractivity contribution in [1.82, 2.24) is 15.4 Å². The first kappa shape index (κ1) is 13.7. The number of carbonyl (C=O) groups is 1. The molecular formula is C10H14N4O4. The molecule has 0 radical (unpaired) electrons. The Hall–Kier alpha value is -2.38. The van der Waals surface area contributed by atoms with Gasteiger partial charge in [0.1, 0.15) is 5.56 Å². The molecule has 8 nitrogen and oxygen atoms in total. The van der Waals surface area contributed by atoms with Gasteiger partial charge in [0.2, 0.25) is 11.8 Å². The third-order valence-corrected chi connectivity index (χ3v) is 2.10. The van der Waals surface area contributed by atoms with Crippen LogP contribution >= 0.6 is 0 Å². The molecule has 0 saturated carbocycles. The van der Waals surface area contributed by atoms with Crippen molar-refractivity contribution < 1.29 is 9.90 Å². The maximum absolute atomic E-state index is 11.3. The summed E-state index contributed by atoms with van der Waals surface area (Å²) in [7, 11) is 0. The summed E-state index contributed by atoms with van der Waals surface area (Å²) in [6, 6.07) is 0. The zero-order valence-electron chi connectivity index (χ0n) is 9.82. The largest absolute Gasteiger partial charge is 0.494 e. The van der Waals surface area contributed by atoms with Gasteiger partial charge in [0.25, 0.3) is 5.56 Å². The van der Waals surface area contributed by atoms with Crippen molar-refractivity contribution in [1.29, 1.82) is 0 Å². The fourth-order valence-electron chi connectivity index (χ4n) is 1.17. The number of H-pyrrole nitrogens is 2. The van der Waals surface area contributed by atoms with Crippen LogP contribution in [0.2, 0.25) is 0 Å². The molecule has 0 atom stereocenters. The summed E-state index contributed by atoms with van der Waals surface area (Å²) in [4.78, 5) is 37.1. The number of nitrogens with zero attached hydrogens (tertiary/aromatic N) is 1. The van der Waals surface area contributed by atoms with Gasteiger partial charge in [-0.1, -0.05) is 13.3 Å². The molecule has 0 spiro atoms. The summed E-state index contributed by atoms with van der Waals surface area (Å²) in [5.74, 6) is -0.885. The molecule has 0 aromatic carbocycles. The van der Waals surface area contributed by atoms with Crippen LogP contribution in [-0.4, -0.2) is 27.2 Å². The highest BCUT2D eigenvalue weighted by Crippen LogP contribution is 2.00. The van der Waals surface area contributed by atoms with E-state index in [2.05, 4.69) is 10.5 Å². The van der Waals surface area contributed by atoms with E-state index in [1.165, 1.54) is 0 Å². The van der Waals surface area contributed by atoms with Crippen LogP contribution in [0.25, 0.3) is 0 Å². The predicted octanol–water partition coefficient (Wildman–Crippen LogP) is -0.591. The van der Waals surface area contributed by atoms with Crippen molar-refractivity contribution in [3.05, 3.63) is 26.4 Å². The van der Waals surface area contributed by atoms with Crippen LogP contribution in [0, 0.1) is 0 Å². The van der Waals surface area contributed by atoms with Gasteiger partial charge >= 0.3 is 5.69 Å². The SMILES string of the molecule is CCCCC(=O)NN=Cc1c(O)[nH]c(=O)[nH]c1=O. The number of aromatic amines is 2. The van der Waals surface area contributed by atoms with E-state index in [-0.39, 0.29) is 11.5 Å². The topological polar surface area (TPSA) is 127 Å². The van der Waals surface area contributed by atoms with Gasteiger partial charge in [0, 0.05) is 6.42 Å². The number of hydrazone groups is 1. The van der Waals surface area contributed by atoms with Crippen LogP contribution in [0.5, 0.6) is 5.88 Å². The number of aromatic hydroxyl groups is 1. The molecule has 0 aliphatic heterocycles. The molecule has 4 N–H and O–H groups in total. The normalized spacial score (nSPS) is 10.7. The minimum atomic E-state index is -0.818. The maximum atomic E-state index is 11.3. The Morgan fingerprint density at radius 1 is 1.44 bits per heavy atom. The minimum absolute atomic E-state index is 0.231. The maximum Gasteiger partial charge on any atom is 0.328 e. The lowest BCUT2D eigenvalue weighted by Crippen LogP contribution is -2.25. The summed E-state index contributed by atoms with van der Waals surface area (Å²) >= 11 is 0. The van der Waals surface area contributed by atoms with Gasteiger partial charge in [-0.15, -0.1) is 0 Å². The van der Waals surface area contributed by atoms with Gasteiger partial charge in [-0.2, -0.15) is 5.10 Å². The average molecular weight is 254 g/mol. The highest BCUT2D eigenvalue weighted by molar-refractivity contribution is 5.83. The van der Waals surface area contributed by atoms with Crippen molar-refractivity contribution in [3.8, 4) is 5.88 Å². The number of hydrogen-bond donors (Lipinski definition) is 4. The van der Waals surface area contributed by atoms with Gasteiger partial charge in [-0.3, -0.25) is 19.6 Å². The fourth-order valence-corrected chi connectivity index (χ4v) is 1.17. The molecule has 0 fully saturated rings. The van der Waals surface area contributed by atoms with Crippen molar-refractivity contribution >= 4 is 12.1 Å². The smallest absolute Gasteiger partial charge is 0.328 e. The van der Waals surface area contributed by atoms with Crippen LogP contribution in [0.1, 0.15) is 31.7 Å². The average Bonchev–Trinajstić information content (AvgIpc) is 2.29. The van der Waals surface area contributed by atoms with Crippen LogP contribution in [0.4, 0.5) is 0 Å². The molecule has 1 rings (SSSR count). The first-order chi connectivity index (χ1) is 8.54. The van der Waals surface area contributed by atoms with Crippen LogP contribution in [0.15, 0.2) is 14.7 Å². The van der Waals surface area contributed by atoms with E-state index in [4.69, 9.17) is 0 Å². The first-order valence-corrected chi connectivity index (χ1v) is 5.42. The zero-order chi connectivity index (χ0) is 13.5. The molecular weight excluding hydrogens is 240 g/mol. The molecule has 1 aromatic rings. The third-order valence-electron chi connectivity index (χ3n) is 2.10. The number of carbonyl (C=O) groups excluding carboxylic acids is 1. The number of amides is 1. The summed E-state index contributed by atoms with van der Waals surface area (Å²) in [6.07, 6.45) is 2.93. The minimum Gasteiger partial charge on any atom is -0.494 e. The van der Waals surface area contributed by atoms with E-state index < -0.39 is 17.1 Å². The summed E-state index contributed by atoms with van der Waals surface area (Å²) in [5.41, 5.74) is 0.371. The summed E-state index contributed by atoms with van der Waals surface area (Å²) in [6.45, 7) is 1.95. The Bertz CT molecular complexity index is 558. The lowest BCUT2D eigenvalue weighted by atomic mass is 10.2. The van der Waals surface area contributed by atoms with E-state index in [9.17, 15) is 19.5 Å². The van der Waals surface area contributed by atoms with E-state index in [1.54, 1.807) is 0 Å². The van der Waals surface area contributed by atoms with Crippen molar-refractivity contribution in [3.63, 3.8) is 0 Å². The molecule has 0 bridgehead atoms. The van der Waals surface area contributed by atoms with Crippen molar-refractivity contribution in [2.75, 3.05) is 0 Å². The highest BCUT2D eigenvalue weighted by Gasteiger charge is 2.05. The predicted molar refractivity (Wildman–Crippen MR) is 64.6 cm³/mol. The number of nitrogens with one attached hydrogen (secondary N) is 3. The highest BCUT2D eigenvalue weighted by atomic mass is 16.3. The third kappa shape index (κ3) is 3.89. The molecule has 1 heterocycles. The van der Waals surface area contributed by atoms with E-state index >= 15 is 0 Å². The molecule has 0 saturated heterocycles. The number of unbranched alkanes of at least 4 members (excludes halogenated alkanes) is 1. The molecule has 0 aliphatic carbocycles. The molecule has 1 aromatic heterocycles. The van der Waals surface area contributed by atoms with Gasteiger partial charge < -0.3 is 5.11 Å². The molecule has 1 amide bonds. The van der Waals surface area contributed by atoms with Gasteiger partial charge in [0.15, 0.2) is 0 Å². The second kappa shape index (κ2) is 6.38. The Balaban J connectivity index is 2.71. The number of aromatic nitrogens is 2. The van der Waals surface area contributed by atoms with E-state index in [0.29, 0.717) is 6.42 Å². The summed E-state index contributed by atoms with van der Waals surface area (Å²) in [5, 5.41) is 12.8. The monoisotopic (exact) mass is 254 g/mol. The van der Waals surface area contributed by atoms with Crippen molar-refractivity contribution in [2.24, 2.45) is 5.10 Å². The quantitative estimate of drug-likeness (QED) is 0.413. The Morgan fingerprint density at radius 2 is 2.17 bits per heavy atom. The molecule has 0 unspecified atom stereocenters. The molecule has 8 heteroatoms. The van der Waals surface area contributed by atoms with Crippen LogP contribution < -0.4 is 16.7 Å². The van der Waals surface area contributed by atoms with E-state index in [0.717, 1.165) is 19.1 Å². The Kier molecular flexibility index (Phi) is 4.85. The molecule has 18 heavy (non-hydrogen) atoms. The van der Waals surface area contributed by atoms with Crippen LogP contribution in [0.3, 0.4) is 0 Å². The Morgan fingerprint density at radius 3 is 2.78 bits per heavy atom. The lowest BCUT2D eigenvalue weighted by Gasteiger charge is -1.98. The second-order valence-corrected chi connectivity index (χ2v) is 3.57.